The summed E-state index contributed by atoms with van der Waals surface area (Å²) < 4.78 is 9.37. The predicted octanol–water partition coefficient (Wildman–Crippen LogP) is 2.62. The van der Waals surface area contributed by atoms with Gasteiger partial charge in [0.25, 0.3) is 0 Å². The molecule has 0 unspecified atom stereocenters. The molecule has 0 amide bonds. The molecule has 27 heavy (non-hydrogen) atoms. The van der Waals surface area contributed by atoms with E-state index in [9.17, 15) is 19.2 Å². The molecule has 145 valence electrons. The van der Waals surface area contributed by atoms with Crippen LogP contribution in [-0.4, -0.2) is 34.1 Å². The zero-order valence-electron chi connectivity index (χ0n) is 14.3. The molecule has 8 nitrogen and oxygen atoms in total. The summed E-state index contributed by atoms with van der Waals surface area (Å²) in [6.45, 7) is 2.44. The summed E-state index contributed by atoms with van der Waals surface area (Å²) in [5.41, 5.74) is -0.0320. The molecule has 0 bridgehead atoms. The summed E-state index contributed by atoms with van der Waals surface area (Å²) in [5, 5.41) is 17.4. The van der Waals surface area contributed by atoms with Gasteiger partial charge >= 0.3 is 23.9 Å². The fraction of sp³-hybridized carbons (Fsp3) is 0.111. The van der Waals surface area contributed by atoms with E-state index in [1.54, 1.807) is 24.3 Å². The summed E-state index contributed by atoms with van der Waals surface area (Å²) >= 11 is 0. The first-order valence-corrected chi connectivity index (χ1v) is 7.23. The maximum Gasteiger partial charge on any atom is 0.339 e. The molecule has 0 aliphatic heterocycles. The van der Waals surface area contributed by atoms with E-state index in [0.717, 1.165) is 0 Å². The summed E-state index contributed by atoms with van der Waals surface area (Å²) in [5.74, 6) is -3.15. The normalized spacial score (nSPS) is 8.96. The van der Waals surface area contributed by atoms with E-state index in [1.807, 2.05) is 0 Å². The number of para-hydroxylation sites is 2. The Kier molecular flexibility index (Phi) is 10.1. The van der Waals surface area contributed by atoms with E-state index < -0.39 is 23.9 Å². The monoisotopic (exact) mass is 419 g/mol. The van der Waals surface area contributed by atoms with Gasteiger partial charge < -0.3 is 19.7 Å². The van der Waals surface area contributed by atoms with E-state index in [0.29, 0.717) is 0 Å². The molecular formula is C18H16CoO8. The maximum atomic E-state index is 10.6. The van der Waals surface area contributed by atoms with Gasteiger partial charge in [-0.15, -0.1) is 0 Å². The third kappa shape index (κ3) is 8.16. The zero-order valence-corrected chi connectivity index (χ0v) is 15.3. The first-order valence-electron chi connectivity index (χ1n) is 7.23. The van der Waals surface area contributed by atoms with Crippen LogP contribution >= 0.6 is 0 Å². The summed E-state index contributed by atoms with van der Waals surface area (Å²) in [6.07, 6.45) is 0. The number of carboxylic acid groups (broad SMARTS) is 2. The van der Waals surface area contributed by atoms with Gasteiger partial charge in [0.15, 0.2) is 0 Å². The molecule has 0 saturated carbocycles. The molecule has 0 aromatic heterocycles. The van der Waals surface area contributed by atoms with Crippen molar-refractivity contribution in [3.05, 3.63) is 59.7 Å². The molecule has 0 heterocycles. The molecule has 2 aromatic rings. The van der Waals surface area contributed by atoms with Crippen molar-refractivity contribution in [2.45, 2.75) is 13.8 Å². The summed E-state index contributed by atoms with van der Waals surface area (Å²) in [6, 6.07) is 12.0. The van der Waals surface area contributed by atoms with Crippen LogP contribution in [-0.2, 0) is 26.4 Å². The molecule has 0 atom stereocenters. The molecule has 0 saturated heterocycles. The molecule has 9 heteroatoms. The largest absolute Gasteiger partial charge is 0.478 e. The van der Waals surface area contributed by atoms with Crippen molar-refractivity contribution >= 4 is 23.9 Å². The number of carboxylic acids is 2. The topological polar surface area (TPSA) is 127 Å². The first-order chi connectivity index (χ1) is 12.2. The van der Waals surface area contributed by atoms with Crippen LogP contribution in [0.15, 0.2) is 48.5 Å². The Hall–Kier alpha value is -3.17. The van der Waals surface area contributed by atoms with Crippen molar-refractivity contribution in [2.75, 3.05) is 0 Å². The molecule has 2 aromatic carbocycles. The molecule has 0 fully saturated rings. The van der Waals surface area contributed by atoms with Crippen LogP contribution in [0.3, 0.4) is 0 Å². The van der Waals surface area contributed by atoms with E-state index in [1.165, 1.54) is 38.1 Å². The molecule has 1 radical (unpaired) electrons. The molecule has 0 aliphatic carbocycles. The second-order valence-corrected chi connectivity index (χ2v) is 4.79. The van der Waals surface area contributed by atoms with Crippen LogP contribution in [0, 0.1) is 0 Å². The fourth-order valence-corrected chi connectivity index (χ4v) is 1.77. The van der Waals surface area contributed by atoms with Crippen LogP contribution in [0.4, 0.5) is 0 Å². The second-order valence-electron chi connectivity index (χ2n) is 4.79. The Morgan fingerprint density at radius 3 is 1.22 bits per heavy atom. The molecular weight excluding hydrogens is 403 g/mol. The van der Waals surface area contributed by atoms with E-state index >= 15 is 0 Å². The molecule has 0 aliphatic rings. The van der Waals surface area contributed by atoms with Crippen molar-refractivity contribution in [1.82, 2.24) is 0 Å². The number of rotatable bonds is 4. The van der Waals surface area contributed by atoms with E-state index in [2.05, 4.69) is 9.47 Å². The van der Waals surface area contributed by atoms with Crippen molar-refractivity contribution in [3.63, 3.8) is 0 Å². The Morgan fingerprint density at radius 2 is 0.963 bits per heavy atom. The molecule has 2 N–H and O–H groups in total. The minimum absolute atomic E-state index is 0. The summed E-state index contributed by atoms with van der Waals surface area (Å²) in [7, 11) is 0. The predicted molar refractivity (Wildman–Crippen MR) is 89.4 cm³/mol. The number of carbonyl (C=O) groups excluding carboxylic acids is 2. The number of hydrogen-bond acceptors (Lipinski definition) is 6. The average molecular weight is 419 g/mol. The van der Waals surface area contributed by atoms with Crippen LogP contribution in [0.25, 0.3) is 0 Å². The van der Waals surface area contributed by atoms with E-state index in [4.69, 9.17) is 10.2 Å². The van der Waals surface area contributed by atoms with Gasteiger partial charge in [-0.05, 0) is 24.3 Å². The van der Waals surface area contributed by atoms with Crippen LogP contribution in [0.5, 0.6) is 11.5 Å². The van der Waals surface area contributed by atoms with Gasteiger partial charge in [-0.1, -0.05) is 24.3 Å². The Morgan fingerprint density at radius 1 is 0.667 bits per heavy atom. The van der Waals surface area contributed by atoms with Gasteiger partial charge in [0.2, 0.25) is 0 Å². The zero-order chi connectivity index (χ0) is 19.7. The number of esters is 2. The Labute approximate surface area is 164 Å². The Balaban J connectivity index is 0.000000483. The van der Waals surface area contributed by atoms with Crippen molar-refractivity contribution < 1.29 is 55.6 Å². The number of hydrogen-bond donors (Lipinski definition) is 2. The van der Waals surface area contributed by atoms with Crippen LogP contribution < -0.4 is 9.47 Å². The second kappa shape index (κ2) is 11.4. The third-order valence-corrected chi connectivity index (χ3v) is 2.74. The average Bonchev–Trinajstić information content (AvgIpc) is 2.55. The van der Waals surface area contributed by atoms with Crippen molar-refractivity contribution in [2.24, 2.45) is 0 Å². The Bertz CT molecular complexity index is 762. The quantitative estimate of drug-likeness (QED) is 0.572. The fourth-order valence-electron chi connectivity index (χ4n) is 1.77. The van der Waals surface area contributed by atoms with Crippen LogP contribution in [0.2, 0.25) is 0 Å². The first kappa shape index (κ1) is 23.8. The number of ether oxygens (including phenoxy) is 2. The third-order valence-electron chi connectivity index (χ3n) is 2.74. The smallest absolute Gasteiger partial charge is 0.339 e. The molecule has 0 spiro atoms. The van der Waals surface area contributed by atoms with Gasteiger partial charge in [0.05, 0.1) is 0 Å². The van der Waals surface area contributed by atoms with Gasteiger partial charge in [-0.2, -0.15) is 0 Å². The number of aromatic carboxylic acids is 2. The van der Waals surface area contributed by atoms with Gasteiger partial charge in [-0.25, -0.2) is 9.59 Å². The SMILES string of the molecule is CC(=O)Oc1ccccc1C(=O)O.CC(=O)Oc1ccccc1C(=O)O.[Co]. The van der Waals surface area contributed by atoms with Gasteiger partial charge in [0, 0.05) is 30.6 Å². The number of carbonyl (C=O) groups is 4. The summed E-state index contributed by atoms with van der Waals surface area (Å²) in [4.78, 5) is 42.4. The minimum Gasteiger partial charge on any atom is -0.478 e. The molecule has 2 rings (SSSR count). The van der Waals surface area contributed by atoms with Crippen LogP contribution in [0.1, 0.15) is 34.6 Å². The van der Waals surface area contributed by atoms with Crippen molar-refractivity contribution in [1.29, 1.82) is 0 Å². The number of benzene rings is 2. The standard InChI is InChI=1S/2C9H8O4.Co/c2*1-6(10)13-8-5-3-2-4-7(8)9(11)12;/h2*2-5H,1H3,(H,11,12);. The van der Waals surface area contributed by atoms with E-state index in [-0.39, 0.29) is 39.4 Å². The van der Waals surface area contributed by atoms with Crippen molar-refractivity contribution in [3.8, 4) is 11.5 Å². The van der Waals surface area contributed by atoms with Gasteiger partial charge in [0.1, 0.15) is 22.6 Å². The van der Waals surface area contributed by atoms with Gasteiger partial charge in [-0.3, -0.25) is 9.59 Å². The maximum absolute atomic E-state index is 10.6. The minimum atomic E-state index is -1.11.